The minimum absolute atomic E-state index is 0.106. The number of benzene rings is 2. The number of aromatic nitrogens is 1. The molecule has 0 unspecified atom stereocenters. The van der Waals surface area contributed by atoms with Gasteiger partial charge in [-0.3, -0.25) is 14.1 Å². The van der Waals surface area contributed by atoms with Crippen molar-refractivity contribution in [3.8, 4) is 5.75 Å². The third-order valence-electron chi connectivity index (χ3n) is 4.60. The van der Waals surface area contributed by atoms with Crippen molar-refractivity contribution >= 4 is 27.3 Å². The van der Waals surface area contributed by atoms with Gasteiger partial charge in [0.2, 0.25) is 5.91 Å². The summed E-state index contributed by atoms with van der Waals surface area (Å²) in [4.78, 5) is 16.2. The van der Waals surface area contributed by atoms with Crippen LogP contribution in [-0.2, 0) is 14.8 Å². The van der Waals surface area contributed by atoms with Gasteiger partial charge in [0.1, 0.15) is 18.9 Å². The van der Waals surface area contributed by atoms with Crippen LogP contribution in [0.25, 0.3) is 0 Å². The van der Waals surface area contributed by atoms with Crippen LogP contribution >= 0.6 is 0 Å². The van der Waals surface area contributed by atoms with E-state index in [1.54, 1.807) is 42.7 Å². The van der Waals surface area contributed by atoms with Crippen LogP contribution in [0.2, 0.25) is 0 Å². The molecule has 0 aliphatic carbocycles. The normalized spacial score (nSPS) is 10.9. The summed E-state index contributed by atoms with van der Waals surface area (Å²) in [6, 6.07) is 16.9. The summed E-state index contributed by atoms with van der Waals surface area (Å²) in [6.45, 7) is 2.42. The zero-order valence-electron chi connectivity index (χ0n) is 18.0. The second-order valence-corrected chi connectivity index (χ2v) is 8.88. The molecular weight excluding hydrogens is 428 g/mol. The van der Waals surface area contributed by atoms with Gasteiger partial charge < -0.3 is 15.4 Å². The van der Waals surface area contributed by atoms with Gasteiger partial charge in [0.25, 0.3) is 10.0 Å². The number of nitrogens with one attached hydrogen (secondary N) is 2. The van der Waals surface area contributed by atoms with Crippen LogP contribution in [0, 0.1) is 6.92 Å². The van der Waals surface area contributed by atoms with E-state index in [4.69, 9.17) is 4.74 Å². The lowest BCUT2D eigenvalue weighted by Crippen LogP contribution is -2.39. The molecule has 0 saturated carbocycles. The first-order chi connectivity index (χ1) is 15.4. The monoisotopic (exact) mass is 454 g/mol. The minimum Gasteiger partial charge on any atom is -0.492 e. The van der Waals surface area contributed by atoms with Crippen LogP contribution in [0.5, 0.6) is 5.75 Å². The van der Waals surface area contributed by atoms with E-state index in [0.29, 0.717) is 24.6 Å². The van der Waals surface area contributed by atoms with E-state index in [0.717, 1.165) is 15.6 Å². The summed E-state index contributed by atoms with van der Waals surface area (Å²) in [5, 5.41) is 5.71. The molecule has 1 heterocycles. The Kier molecular flexibility index (Phi) is 7.67. The number of rotatable bonds is 10. The highest BCUT2D eigenvalue weighted by atomic mass is 32.2. The van der Waals surface area contributed by atoms with E-state index < -0.39 is 15.9 Å². The van der Waals surface area contributed by atoms with Gasteiger partial charge in [-0.1, -0.05) is 18.2 Å². The van der Waals surface area contributed by atoms with Gasteiger partial charge in [0.05, 0.1) is 10.6 Å². The second kappa shape index (κ2) is 10.6. The molecule has 0 aliphatic rings. The average molecular weight is 455 g/mol. The van der Waals surface area contributed by atoms with Gasteiger partial charge in [-0.25, -0.2) is 8.42 Å². The van der Waals surface area contributed by atoms with E-state index in [-0.39, 0.29) is 11.4 Å². The number of carbonyl (C=O) groups is 1. The van der Waals surface area contributed by atoms with Crippen LogP contribution in [0.4, 0.5) is 11.4 Å². The van der Waals surface area contributed by atoms with E-state index in [2.05, 4.69) is 15.6 Å². The Balaban J connectivity index is 1.82. The van der Waals surface area contributed by atoms with Gasteiger partial charge in [-0.15, -0.1) is 0 Å². The molecule has 0 bridgehead atoms. The van der Waals surface area contributed by atoms with Gasteiger partial charge in [-0.2, -0.15) is 0 Å². The molecule has 1 amide bonds. The Morgan fingerprint density at radius 2 is 1.78 bits per heavy atom. The molecular formula is C23H26N4O4S. The maximum atomic E-state index is 13.3. The Morgan fingerprint density at radius 1 is 1.06 bits per heavy atom. The Hall–Kier alpha value is -3.59. The Bertz CT molecular complexity index is 1140. The summed E-state index contributed by atoms with van der Waals surface area (Å²) >= 11 is 0. The summed E-state index contributed by atoms with van der Waals surface area (Å²) in [7, 11) is -2.49. The van der Waals surface area contributed by atoms with Crippen molar-refractivity contribution in [3.63, 3.8) is 0 Å². The van der Waals surface area contributed by atoms with Crippen molar-refractivity contribution in [2.24, 2.45) is 0 Å². The van der Waals surface area contributed by atoms with Crippen molar-refractivity contribution in [2.45, 2.75) is 11.8 Å². The first kappa shape index (κ1) is 23.1. The number of likely N-dealkylation sites (N-methyl/N-ethyl adjacent to an activating group) is 1. The fourth-order valence-corrected chi connectivity index (χ4v) is 4.46. The number of pyridine rings is 1. The predicted octanol–water partition coefficient (Wildman–Crippen LogP) is 2.82. The summed E-state index contributed by atoms with van der Waals surface area (Å²) in [5.74, 6) is 0.0942. The van der Waals surface area contributed by atoms with Crippen LogP contribution in [0.15, 0.2) is 78.0 Å². The number of nitrogens with zero attached hydrogens (tertiary/aromatic N) is 2. The quantitative estimate of drug-likeness (QED) is 0.457. The molecule has 0 aliphatic heterocycles. The molecule has 2 N–H and O–H groups in total. The first-order valence-electron chi connectivity index (χ1n) is 10.1. The maximum absolute atomic E-state index is 13.3. The van der Waals surface area contributed by atoms with E-state index in [1.165, 1.54) is 19.2 Å². The molecule has 8 nitrogen and oxygen atoms in total. The van der Waals surface area contributed by atoms with Gasteiger partial charge in [0, 0.05) is 37.7 Å². The third-order valence-corrected chi connectivity index (χ3v) is 6.39. The van der Waals surface area contributed by atoms with Crippen LogP contribution in [0.1, 0.15) is 5.56 Å². The smallest absolute Gasteiger partial charge is 0.264 e. The molecule has 0 spiro atoms. The molecule has 2 aromatic carbocycles. The topological polar surface area (TPSA) is 101 Å². The molecule has 0 saturated heterocycles. The number of hydrogen-bond acceptors (Lipinski definition) is 6. The van der Waals surface area contributed by atoms with E-state index in [9.17, 15) is 13.2 Å². The van der Waals surface area contributed by atoms with Gasteiger partial charge in [-0.05, 0) is 48.9 Å². The lowest BCUT2D eigenvalue weighted by Gasteiger charge is -2.25. The van der Waals surface area contributed by atoms with Crippen molar-refractivity contribution in [3.05, 3.63) is 78.6 Å². The molecule has 0 atom stereocenters. The molecule has 1 aromatic heterocycles. The first-order valence-corrected chi connectivity index (χ1v) is 11.5. The zero-order chi connectivity index (χ0) is 23.0. The van der Waals surface area contributed by atoms with Gasteiger partial charge >= 0.3 is 0 Å². The van der Waals surface area contributed by atoms with E-state index in [1.807, 2.05) is 25.1 Å². The van der Waals surface area contributed by atoms with Crippen LogP contribution in [0.3, 0.4) is 0 Å². The highest BCUT2D eigenvalue weighted by Crippen LogP contribution is 2.28. The van der Waals surface area contributed by atoms with Crippen molar-refractivity contribution in [1.29, 1.82) is 0 Å². The number of hydrogen-bond donors (Lipinski definition) is 2. The van der Waals surface area contributed by atoms with Crippen molar-refractivity contribution < 1.29 is 17.9 Å². The minimum atomic E-state index is -3.96. The number of carbonyl (C=O) groups excluding carboxylic acids is 1. The molecule has 3 rings (SSSR count). The Morgan fingerprint density at radius 3 is 2.47 bits per heavy atom. The fraction of sp³-hybridized carbons (Fsp3) is 0.217. The van der Waals surface area contributed by atoms with Gasteiger partial charge in [0.15, 0.2) is 0 Å². The number of aryl methyl sites for hydroxylation is 1. The SMILES string of the molecule is CNC(=O)CN(c1cc(C)cc(OCCNc2ccncc2)c1)S(=O)(=O)c1ccccc1. The van der Waals surface area contributed by atoms with Crippen LogP contribution < -0.4 is 19.7 Å². The van der Waals surface area contributed by atoms with Crippen LogP contribution in [-0.4, -0.2) is 46.1 Å². The largest absolute Gasteiger partial charge is 0.492 e. The molecule has 3 aromatic rings. The highest BCUT2D eigenvalue weighted by molar-refractivity contribution is 7.92. The molecule has 32 heavy (non-hydrogen) atoms. The average Bonchev–Trinajstić information content (AvgIpc) is 2.81. The predicted molar refractivity (Wildman–Crippen MR) is 124 cm³/mol. The van der Waals surface area contributed by atoms with Crippen molar-refractivity contribution in [1.82, 2.24) is 10.3 Å². The van der Waals surface area contributed by atoms with Crippen molar-refractivity contribution in [2.75, 3.05) is 36.4 Å². The number of anilines is 2. The molecule has 168 valence electrons. The lowest BCUT2D eigenvalue weighted by molar-refractivity contribution is -0.119. The molecule has 9 heteroatoms. The summed E-state index contributed by atoms with van der Waals surface area (Å²) in [5.41, 5.74) is 2.10. The summed E-state index contributed by atoms with van der Waals surface area (Å²) in [6.07, 6.45) is 3.40. The standard InChI is InChI=1S/C23H26N4O4S/c1-18-14-20(16-21(15-18)31-13-12-26-19-8-10-25-11-9-19)27(17-23(28)24-2)32(29,30)22-6-4-3-5-7-22/h3-11,14-16H,12-13,17H2,1-2H3,(H,24,28)(H,25,26). The second-order valence-electron chi connectivity index (χ2n) is 7.01. The molecule has 0 radical (unpaired) electrons. The lowest BCUT2D eigenvalue weighted by atomic mass is 10.2. The number of sulfonamides is 1. The summed E-state index contributed by atoms with van der Waals surface area (Å²) < 4.78 is 33.6. The highest BCUT2D eigenvalue weighted by Gasteiger charge is 2.27. The fourth-order valence-electron chi connectivity index (χ4n) is 3.03. The molecule has 0 fully saturated rings. The maximum Gasteiger partial charge on any atom is 0.264 e. The zero-order valence-corrected chi connectivity index (χ0v) is 18.8. The Labute approximate surface area is 188 Å². The third kappa shape index (κ3) is 5.98. The van der Waals surface area contributed by atoms with E-state index >= 15 is 0 Å². The number of ether oxygens (including phenoxy) is 1. The number of amides is 1.